The molecule has 0 radical (unpaired) electrons. The Hall–Kier alpha value is -7.94. The number of rotatable bonds is 8. The van der Waals surface area contributed by atoms with E-state index in [1.165, 1.54) is 71.6 Å². The minimum atomic E-state index is 1.08. The van der Waals surface area contributed by atoms with E-state index in [2.05, 4.69) is 252 Å². The normalized spacial score (nSPS) is 11.3. The molecule has 0 amide bonds. The number of hydrogen-bond donors (Lipinski definition) is 0. The number of aromatic nitrogens is 1. The molecule has 0 unspecified atom stereocenters. The molecule has 11 aromatic rings. The van der Waals surface area contributed by atoms with Gasteiger partial charge in [0.1, 0.15) is 0 Å². The summed E-state index contributed by atoms with van der Waals surface area (Å²) in [4.78, 5) is 2.41. The Bertz CT molecular complexity index is 3270. The summed E-state index contributed by atoms with van der Waals surface area (Å²) < 4.78 is 2.40. The van der Waals surface area contributed by atoms with Crippen molar-refractivity contribution in [1.82, 2.24) is 4.57 Å². The molecule has 60 heavy (non-hydrogen) atoms. The van der Waals surface area contributed by atoms with Gasteiger partial charge in [0.25, 0.3) is 0 Å². The Morgan fingerprint density at radius 2 is 0.767 bits per heavy atom. The lowest BCUT2D eigenvalue weighted by atomic mass is 9.91. The molecule has 0 aliphatic rings. The fraction of sp³-hybridized carbons (Fsp3) is 0. The SMILES string of the molecule is c1ccc(-c2ccc(-c3ccc(N(c4ccc(-c5ccccc5)cc4)c4ccc5c6ccccc6n(-c6ccccc6)c5c4)cc3-c3ccc4ccccc4c3)cc2)cc1. The van der Waals surface area contributed by atoms with Crippen molar-refractivity contribution in [2.24, 2.45) is 0 Å². The first kappa shape index (κ1) is 35.2. The number of fused-ring (bicyclic) bond motifs is 4. The summed E-state index contributed by atoms with van der Waals surface area (Å²) in [6, 6.07) is 88.0. The molecular weight excluding hydrogens is 725 g/mol. The van der Waals surface area contributed by atoms with Gasteiger partial charge in [-0.15, -0.1) is 0 Å². The lowest BCUT2D eigenvalue weighted by Gasteiger charge is -2.27. The Morgan fingerprint density at radius 3 is 1.48 bits per heavy atom. The van der Waals surface area contributed by atoms with Crippen molar-refractivity contribution in [3.8, 4) is 50.2 Å². The van der Waals surface area contributed by atoms with Crippen LogP contribution in [0, 0.1) is 0 Å². The van der Waals surface area contributed by atoms with Crippen molar-refractivity contribution in [2.45, 2.75) is 0 Å². The molecule has 1 heterocycles. The third-order valence-corrected chi connectivity index (χ3v) is 11.8. The van der Waals surface area contributed by atoms with E-state index in [-0.39, 0.29) is 0 Å². The molecule has 0 spiro atoms. The molecule has 0 aliphatic carbocycles. The van der Waals surface area contributed by atoms with Crippen LogP contribution in [0.2, 0.25) is 0 Å². The van der Waals surface area contributed by atoms with Crippen LogP contribution in [0.5, 0.6) is 0 Å². The maximum atomic E-state index is 2.41. The van der Waals surface area contributed by atoms with E-state index in [0.29, 0.717) is 0 Å². The second kappa shape index (κ2) is 15.1. The summed E-state index contributed by atoms with van der Waals surface area (Å²) in [7, 11) is 0. The van der Waals surface area contributed by atoms with Gasteiger partial charge in [0.15, 0.2) is 0 Å². The van der Waals surface area contributed by atoms with E-state index in [0.717, 1.165) is 28.3 Å². The molecule has 0 aliphatic heterocycles. The number of hydrogen-bond acceptors (Lipinski definition) is 1. The predicted octanol–water partition coefficient (Wildman–Crippen LogP) is 16.1. The van der Waals surface area contributed by atoms with E-state index >= 15 is 0 Å². The van der Waals surface area contributed by atoms with Crippen molar-refractivity contribution in [2.75, 3.05) is 4.90 Å². The van der Waals surface area contributed by atoms with Gasteiger partial charge in [-0.05, 0) is 116 Å². The zero-order valence-corrected chi connectivity index (χ0v) is 33.0. The van der Waals surface area contributed by atoms with Crippen LogP contribution < -0.4 is 4.90 Å². The van der Waals surface area contributed by atoms with Crippen LogP contribution in [0.3, 0.4) is 0 Å². The van der Waals surface area contributed by atoms with Crippen LogP contribution in [-0.2, 0) is 0 Å². The topological polar surface area (TPSA) is 8.17 Å². The number of nitrogens with zero attached hydrogens (tertiary/aromatic N) is 2. The lowest BCUT2D eigenvalue weighted by Crippen LogP contribution is -2.10. The van der Waals surface area contributed by atoms with Crippen molar-refractivity contribution in [3.05, 3.63) is 243 Å². The summed E-state index contributed by atoms with van der Waals surface area (Å²) in [5.41, 5.74) is 16.3. The Kier molecular flexibility index (Phi) is 8.87. The highest BCUT2D eigenvalue weighted by Gasteiger charge is 2.20. The van der Waals surface area contributed by atoms with Gasteiger partial charge in [-0.1, -0.05) is 182 Å². The van der Waals surface area contributed by atoms with Crippen LogP contribution in [-0.4, -0.2) is 4.57 Å². The number of anilines is 3. The van der Waals surface area contributed by atoms with Gasteiger partial charge >= 0.3 is 0 Å². The molecule has 0 saturated heterocycles. The van der Waals surface area contributed by atoms with Gasteiger partial charge in [-0.25, -0.2) is 0 Å². The first-order valence-electron chi connectivity index (χ1n) is 20.6. The Balaban J connectivity index is 1.12. The second-order valence-electron chi connectivity index (χ2n) is 15.4. The Labute approximate surface area is 350 Å². The molecular formula is C58H40N2. The van der Waals surface area contributed by atoms with E-state index in [9.17, 15) is 0 Å². The van der Waals surface area contributed by atoms with Gasteiger partial charge in [0.05, 0.1) is 11.0 Å². The van der Waals surface area contributed by atoms with E-state index in [1.807, 2.05) is 0 Å². The highest BCUT2D eigenvalue weighted by atomic mass is 15.1. The van der Waals surface area contributed by atoms with Crippen molar-refractivity contribution >= 4 is 49.6 Å². The van der Waals surface area contributed by atoms with Gasteiger partial charge < -0.3 is 9.47 Å². The standard InChI is InChI=1S/C58H40N2/c1-4-14-41(15-5-1)44-24-27-46(28-25-44)53-36-34-51(39-56(53)48-29-26-43-18-10-11-19-47(43)38-48)59(50-32-30-45(31-33-50)42-16-6-2-7-17-42)52-35-37-55-54-22-12-13-23-57(54)60(58(55)40-52)49-20-8-3-9-21-49/h1-40H. The fourth-order valence-corrected chi connectivity index (χ4v) is 8.83. The van der Waals surface area contributed by atoms with Crippen LogP contribution in [0.1, 0.15) is 0 Å². The van der Waals surface area contributed by atoms with Crippen LogP contribution in [0.15, 0.2) is 243 Å². The highest BCUT2D eigenvalue weighted by molar-refractivity contribution is 6.10. The van der Waals surface area contributed by atoms with E-state index in [4.69, 9.17) is 0 Å². The van der Waals surface area contributed by atoms with Gasteiger partial charge in [-0.3, -0.25) is 0 Å². The van der Waals surface area contributed by atoms with Crippen molar-refractivity contribution in [3.63, 3.8) is 0 Å². The summed E-state index contributed by atoms with van der Waals surface area (Å²) in [5.74, 6) is 0. The predicted molar refractivity (Wildman–Crippen MR) is 255 cm³/mol. The molecule has 0 bridgehead atoms. The molecule has 0 N–H and O–H groups in total. The molecule has 2 nitrogen and oxygen atoms in total. The summed E-state index contributed by atoms with van der Waals surface area (Å²) >= 11 is 0. The van der Waals surface area contributed by atoms with E-state index in [1.54, 1.807) is 0 Å². The molecule has 282 valence electrons. The summed E-state index contributed by atoms with van der Waals surface area (Å²) in [6.07, 6.45) is 0. The van der Waals surface area contributed by atoms with Crippen LogP contribution in [0.4, 0.5) is 17.1 Å². The van der Waals surface area contributed by atoms with E-state index < -0.39 is 0 Å². The monoisotopic (exact) mass is 764 g/mol. The molecule has 0 fully saturated rings. The molecule has 1 aromatic heterocycles. The quantitative estimate of drug-likeness (QED) is 0.150. The van der Waals surface area contributed by atoms with Crippen molar-refractivity contribution < 1.29 is 0 Å². The van der Waals surface area contributed by atoms with Crippen molar-refractivity contribution in [1.29, 1.82) is 0 Å². The van der Waals surface area contributed by atoms with Gasteiger partial charge in [0, 0.05) is 33.5 Å². The molecule has 0 atom stereocenters. The van der Waals surface area contributed by atoms with Crippen LogP contribution >= 0.6 is 0 Å². The Morgan fingerprint density at radius 1 is 0.267 bits per heavy atom. The first-order valence-corrected chi connectivity index (χ1v) is 20.6. The van der Waals surface area contributed by atoms with Gasteiger partial charge in [0.2, 0.25) is 0 Å². The average molecular weight is 765 g/mol. The molecule has 11 rings (SSSR count). The highest BCUT2D eigenvalue weighted by Crippen LogP contribution is 2.44. The lowest BCUT2D eigenvalue weighted by molar-refractivity contribution is 1.18. The van der Waals surface area contributed by atoms with Crippen LogP contribution in [0.25, 0.3) is 82.8 Å². The number of benzene rings is 10. The molecule has 0 saturated carbocycles. The molecule has 2 heteroatoms. The minimum Gasteiger partial charge on any atom is -0.310 e. The van der Waals surface area contributed by atoms with Gasteiger partial charge in [-0.2, -0.15) is 0 Å². The first-order chi connectivity index (χ1) is 29.7. The number of para-hydroxylation sites is 2. The molecule has 10 aromatic carbocycles. The summed E-state index contributed by atoms with van der Waals surface area (Å²) in [6.45, 7) is 0. The smallest absolute Gasteiger partial charge is 0.0561 e. The average Bonchev–Trinajstić information content (AvgIpc) is 3.66. The fourth-order valence-electron chi connectivity index (χ4n) is 8.83. The zero-order valence-electron chi connectivity index (χ0n) is 33.0. The third kappa shape index (κ3) is 6.41. The summed E-state index contributed by atoms with van der Waals surface area (Å²) in [5, 5.41) is 4.92. The second-order valence-corrected chi connectivity index (χ2v) is 15.4. The zero-order chi connectivity index (χ0) is 39.8. The largest absolute Gasteiger partial charge is 0.310 e. The third-order valence-electron chi connectivity index (χ3n) is 11.8. The maximum Gasteiger partial charge on any atom is 0.0561 e. The maximum absolute atomic E-state index is 2.41. The minimum absolute atomic E-state index is 1.08.